The van der Waals surface area contributed by atoms with Crippen LogP contribution in [0.3, 0.4) is 0 Å². The number of nitrogens with one attached hydrogen (secondary N) is 1. The number of nitrogens with zero attached hydrogens (tertiary/aromatic N) is 3. The van der Waals surface area contributed by atoms with Gasteiger partial charge in [0.2, 0.25) is 5.91 Å². The number of hydrogen-bond donors (Lipinski definition) is 1. The molecule has 3 aromatic rings. The van der Waals surface area contributed by atoms with Gasteiger partial charge in [-0.3, -0.25) is 9.36 Å². The van der Waals surface area contributed by atoms with Gasteiger partial charge in [-0.25, -0.2) is 4.79 Å². The van der Waals surface area contributed by atoms with Gasteiger partial charge in [0.25, 0.3) is 0 Å². The number of thioether (sulfide) groups is 1. The number of hydrogen-bond acceptors (Lipinski definition) is 8. The van der Waals surface area contributed by atoms with E-state index in [0.717, 1.165) is 47.4 Å². The number of aromatic nitrogens is 3. The molecule has 196 valence electrons. The number of fused-ring (bicyclic) bond motifs is 1. The van der Waals surface area contributed by atoms with Gasteiger partial charge in [0.15, 0.2) is 17.1 Å². The van der Waals surface area contributed by atoms with E-state index in [2.05, 4.69) is 29.0 Å². The Morgan fingerprint density at radius 2 is 2.03 bits per heavy atom. The summed E-state index contributed by atoms with van der Waals surface area (Å²) in [5.41, 5.74) is 3.86. The molecule has 10 heteroatoms. The average Bonchev–Trinajstić information content (AvgIpc) is 3.45. The number of benzene rings is 1. The number of ether oxygens (including phenoxy) is 2. The summed E-state index contributed by atoms with van der Waals surface area (Å²) in [4.78, 5) is 26.5. The molecule has 1 atom stereocenters. The van der Waals surface area contributed by atoms with Gasteiger partial charge in [-0.15, -0.1) is 28.1 Å². The summed E-state index contributed by atoms with van der Waals surface area (Å²) >= 11 is 2.75. The van der Waals surface area contributed by atoms with E-state index in [1.807, 2.05) is 36.6 Å². The Labute approximate surface area is 225 Å². The maximum absolute atomic E-state index is 12.9. The van der Waals surface area contributed by atoms with E-state index in [1.54, 1.807) is 6.08 Å². The second-order valence-electron chi connectivity index (χ2n) is 8.99. The number of rotatable bonds is 10. The van der Waals surface area contributed by atoms with Crippen LogP contribution in [0.1, 0.15) is 63.6 Å². The number of carbonyl (C=O) groups is 2. The van der Waals surface area contributed by atoms with Gasteiger partial charge in [-0.05, 0) is 75.3 Å². The van der Waals surface area contributed by atoms with Crippen LogP contribution < -0.4 is 10.1 Å². The quantitative estimate of drug-likeness (QED) is 0.201. The predicted molar refractivity (Wildman–Crippen MR) is 147 cm³/mol. The number of amides is 1. The van der Waals surface area contributed by atoms with Gasteiger partial charge in [0.05, 0.1) is 18.4 Å². The van der Waals surface area contributed by atoms with E-state index in [1.165, 1.54) is 35.8 Å². The number of aryl methyl sites for hydroxylation is 3. The molecule has 1 unspecified atom stereocenters. The van der Waals surface area contributed by atoms with E-state index in [0.29, 0.717) is 28.1 Å². The molecular weight excluding hydrogens is 508 g/mol. The topological polar surface area (TPSA) is 95.3 Å². The van der Waals surface area contributed by atoms with Crippen molar-refractivity contribution in [3.8, 4) is 5.75 Å². The predicted octanol–water partition coefficient (Wildman–Crippen LogP) is 5.68. The third kappa shape index (κ3) is 6.07. The SMILES string of the molecule is C=CCn1c(SCC(=O)Nc2sc3c(c2C(=O)OC)CCCC3)nnc1C(C)Oc1ccc(C)c(C)c1. The zero-order valence-corrected chi connectivity index (χ0v) is 23.3. The first-order valence-corrected chi connectivity index (χ1v) is 14.1. The molecule has 1 N–H and O–H groups in total. The Kier molecular flexibility index (Phi) is 8.71. The molecule has 0 saturated carbocycles. The number of methoxy groups -OCH3 is 1. The van der Waals surface area contributed by atoms with Crippen LogP contribution in [0.5, 0.6) is 5.75 Å². The maximum Gasteiger partial charge on any atom is 0.341 e. The monoisotopic (exact) mass is 540 g/mol. The lowest BCUT2D eigenvalue weighted by molar-refractivity contribution is -0.113. The van der Waals surface area contributed by atoms with Crippen LogP contribution in [0.15, 0.2) is 36.0 Å². The Morgan fingerprint density at radius 3 is 2.76 bits per heavy atom. The molecule has 8 nitrogen and oxygen atoms in total. The standard InChI is InChI=1S/C27H32N4O4S2/c1-6-13-31-24(18(4)35-19-12-11-16(2)17(3)14-19)29-30-27(31)36-15-22(32)28-25-23(26(33)34-5)20-9-7-8-10-21(20)37-25/h6,11-12,14,18H,1,7-10,13,15H2,2-5H3,(H,28,32). The number of allylic oxidation sites excluding steroid dienone is 1. The van der Waals surface area contributed by atoms with Gasteiger partial charge in [-0.1, -0.05) is 23.9 Å². The smallest absolute Gasteiger partial charge is 0.341 e. The molecule has 4 rings (SSSR count). The van der Waals surface area contributed by atoms with E-state index in [9.17, 15) is 9.59 Å². The minimum absolute atomic E-state index is 0.116. The Bertz CT molecular complexity index is 1310. The molecule has 0 fully saturated rings. The highest BCUT2D eigenvalue weighted by Gasteiger charge is 2.27. The first-order valence-electron chi connectivity index (χ1n) is 12.3. The lowest BCUT2D eigenvalue weighted by Gasteiger charge is -2.16. The highest BCUT2D eigenvalue weighted by molar-refractivity contribution is 7.99. The van der Waals surface area contributed by atoms with Crippen molar-refractivity contribution in [1.82, 2.24) is 14.8 Å². The first kappa shape index (κ1) is 26.9. The zero-order chi connectivity index (χ0) is 26.5. The normalized spacial score (nSPS) is 13.5. The van der Waals surface area contributed by atoms with Crippen molar-refractivity contribution in [3.63, 3.8) is 0 Å². The molecule has 1 aliphatic rings. The van der Waals surface area contributed by atoms with Crippen LogP contribution in [-0.4, -0.2) is 39.5 Å². The van der Waals surface area contributed by atoms with Crippen molar-refractivity contribution in [2.75, 3.05) is 18.2 Å². The van der Waals surface area contributed by atoms with Crippen molar-refractivity contribution in [3.05, 3.63) is 63.8 Å². The number of esters is 1. The molecule has 0 aliphatic heterocycles. The fourth-order valence-electron chi connectivity index (χ4n) is 4.32. The third-order valence-electron chi connectivity index (χ3n) is 6.36. The van der Waals surface area contributed by atoms with E-state index in [-0.39, 0.29) is 17.8 Å². The highest BCUT2D eigenvalue weighted by atomic mass is 32.2. The number of carbonyl (C=O) groups excluding carboxylic acids is 2. The van der Waals surface area contributed by atoms with Crippen molar-refractivity contribution in [1.29, 1.82) is 0 Å². The molecule has 0 saturated heterocycles. The fourth-order valence-corrected chi connectivity index (χ4v) is 6.37. The van der Waals surface area contributed by atoms with Gasteiger partial charge in [0, 0.05) is 11.4 Å². The molecule has 0 bridgehead atoms. The zero-order valence-electron chi connectivity index (χ0n) is 21.6. The summed E-state index contributed by atoms with van der Waals surface area (Å²) in [7, 11) is 1.37. The van der Waals surface area contributed by atoms with Gasteiger partial charge in [0.1, 0.15) is 10.8 Å². The first-order chi connectivity index (χ1) is 17.8. The lowest BCUT2D eigenvalue weighted by atomic mass is 9.95. The van der Waals surface area contributed by atoms with E-state index >= 15 is 0 Å². The second-order valence-corrected chi connectivity index (χ2v) is 11.0. The second kappa shape index (κ2) is 12.0. The molecular formula is C27H32N4O4S2. The molecule has 0 spiro atoms. The van der Waals surface area contributed by atoms with Crippen molar-refractivity contribution < 1.29 is 19.1 Å². The Morgan fingerprint density at radius 1 is 1.24 bits per heavy atom. The van der Waals surface area contributed by atoms with Crippen LogP contribution >= 0.6 is 23.1 Å². The minimum atomic E-state index is -0.407. The maximum atomic E-state index is 12.9. The number of anilines is 1. The Balaban J connectivity index is 1.46. The molecule has 37 heavy (non-hydrogen) atoms. The summed E-state index contributed by atoms with van der Waals surface area (Å²) in [6, 6.07) is 5.98. The minimum Gasteiger partial charge on any atom is -0.483 e. The van der Waals surface area contributed by atoms with Crippen LogP contribution in [-0.2, 0) is 28.9 Å². The molecule has 2 aromatic heterocycles. The molecule has 1 aromatic carbocycles. The van der Waals surface area contributed by atoms with Crippen molar-refractivity contribution in [2.45, 2.75) is 64.3 Å². The third-order valence-corrected chi connectivity index (χ3v) is 8.53. The molecule has 0 radical (unpaired) electrons. The lowest BCUT2D eigenvalue weighted by Crippen LogP contribution is -2.17. The van der Waals surface area contributed by atoms with Crippen LogP contribution in [0.2, 0.25) is 0 Å². The molecule has 2 heterocycles. The Hall–Kier alpha value is -3.11. The largest absolute Gasteiger partial charge is 0.483 e. The summed E-state index contributed by atoms with van der Waals surface area (Å²) < 4.78 is 13.0. The van der Waals surface area contributed by atoms with E-state index in [4.69, 9.17) is 9.47 Å². The van der Waals surface area contributed by atoms with Crippen LogP contribution in [0.4, 0.5) is 5.00 Å². The van der Waals surface area contributed by atoms with Gasteiger partial charge < -0.3 is 14.8 Å². The summed E-state index contributed by atoms with van der Waals surface area (Å²) in [6.07, 6.45) is 5.28. The molecule has 1 amide bonds. The highest BCUT2D eigenvalue weighted by Crippen LogP contribution is 2.38. The summed E-state index contributed by atoms with van der Waals surface area (Å²) in [5, 5.41) is 12.8. The number of thiophene rings is 1. The van der Waals surface area contributed by atoms with Gasteiger partial charge >= 0.3 is 5.97 Å². The van der Waals surface area contributed by atoms with Gasteiger partial charge in [-0.2, -0.15) is 0 Å². The average molecular weight is 541 g/mol. The van der Waals surface area contributed by atoms with Crippen molar-refractivity contribution >= 4 is 40.0 Å². The summed E-state index contributed by atoms with van der Waals surface area (Å²) in [5.74, 6) is 0.904. The summed E-state index contributed by atoms with van der Waals surface area (Å²) in [6.45, 7) is 10.4. The van der Waals surface area contributed by atoms with Crippen LogP contribution in [0, 0.1) is 13.8 Å². The fraction of sp³-hybridized carbons (Fsp3) is 0.407. The van der Waals surface area contributed by atoms with E-state index < -0.39 is 5.97 Å². The van der Waals surface area contributed by atoms with Crippen LogP contribution in [0.25, 0.3) is 0 Å². The van der Waals surface area contributed by atoms with Crippen molar-refractivity contribution in [2.24, 2.45) is 0 Å². The molecule has 1 aliphatic carbocycles.